The number of nitrogens with two attached hydrogens (primary N) is 2. The van der Waals surface area contributed by atoms with E-state index in [1.165, 1.54) is 0 Å². The molecular formula is C15H18Cl2N2O3. The molecule has 2 rings (SSSR count). The smallest absolute Gasteiger partial charge is 0.341 e. The molecule has 0 aliphatic heterocycles. The van der Waals surface area contributed by atoms with Crippen molar-refractivity contribution in [2.45, 2.75) is 6.92 Å². The van der Waals surface area contributed by atoms with Crippen molar-refractivity contribution < 1.29 is 14.3 Å². The lowest BCUT2D eigenvalue weighted by atomic mass is 10.2. The van der Waals surface area contributed by atoms with Crippen molar-refractivity contribution in [1.82, 2.24) is 0 Å². The van der Waals surface area contributed by atoms with Gasteiger partial charge in [0, 0.05) is 5.69 Å². The Hall–Kier alpha value is -2.11. The number of hydrogen-bond donors (Lipinski definition) is 2. The van der Waals surface area contributed by atoms with Gasteiger partial charge in [-0.3, -0.25) is 0 Å². The van der Waals surface area contributed by atoms with E-state index in [0.29, 0.717) is 35.0 Å². The lowest BCUT2D eigenvalue weighted by molar-refractivity contribution is 0.0523. The van der Waals surface area contributed by atoms with E-state index in [1.807, 2.05) is 0 Å². The molecule has 0 atom stereocenters. The number of anilines is 2. The van der Waals surface area contributed by atoms with E-state index in [4.69, 9.17) is 20.9 Å². The highest BCUT2D eigenvalue weighted by atomic mass is 35.5. The van der Waals surface area contributed by atoms with Gasteiger partial charge in [-0.1, -0.05) is 12.1 Å². The second-order valence-corrected chi connectivity index (χ2v) is 4.12. The lowest BCUT2D eigenvalue weighted by Gasteiger charge is -2.12. The van der Waals surface area contributed by atoms with Crippen molar-refractivity contribution >= 4 is 42.2 Å². The molecule has 7 heteroatoms. The summed E-state index contributed by atoms with van der Waals surface area (Å²) in [4.78, 5) is 11.8. The van der Waals surface area contributed by atoms with Crippen LogP contribution in [0, 0.1) is 0 Å². The highest BCUT2D eigenvalue weighted by molar-refractivity contribution is 5.92. The summed E-state index contributed by atoms with van der Waals surface area (Å²) >= 11 is 0. The Morgan fingerprint density at radius 1 is 1.05 bits per heavy atom. The average molecular weight is 345 g/mol. The molecule has 0 saturated heterocycles. The molecule has 0 heterocycles. The molecule has 0 fully saturated rings. The molecule has 22 heavy (non-hydrogen) atoms. The predicted molar refractivity (Wildman–Crippen MR) is 92.2 cm³/mol. The van der Waals surface area contributed by atoms with Crippen LogP contribution in [-0.4, -0.2) is 12.6 Å². The number of halogens is 2. The molecule has 120 valence electrons. The van der Waals surface area contributed by atoms with Gasteiger partial charge in [-0.25, -0.2) is 4.79 Å². The Labute approximate surface area is 141 Å². The van der Waals surface area contributed by atoms with E-state index in [2.05, 4.69) is 0 Å². The first-order valence-corrected chi connectivity index (χ1v) is 6.21. The normalized spacial score (nSPS) is 9.14. The number of carbonyl (C=O) groups is 1. The largest absolute Gasteiger partial charge is 0.462 e. The Kier molecular flexibility index (Phi) is 8.15. The Bertz CT molecular complexity index is 636. The third kappa shape index (κ3) is 4.72. The van der Waals surface area contributed by atoms with Gasteiger partial charge in [0.05, 0.1) is 12.3 Å². The van der Waals surface area contributed by atoms with Gasteiger partial charge < -0.3 is 20.9 Å². The maximum atomic E-state index is 11.8. The maximum absolute atomic E-state index is 11.8. The van der Waals surface area contributed by atoms with Gasteiger partial charge in [-0.15, -0.1) is 24.8 Å². The minimum atomic E-state index is -0.433. The van der Waals surface area contributed by atoms with Crippen LogP contribution in [0.2, 0.25) is 0 Å². The third-order valence-corrected chi connectivity index (χ3v) is 2.64. The standard InChI is InChI=1S/C15H16N2O3.2ClH/c1-2-19-15(18)11-5-3-4-6-13(11)20-14-8-7-10(16)9-12(14)17;;/h3-9H,2,16-17H2,1H3;2*1H. The molecule has 4 N–H and O–H groups in total. The van der Waals surface area contributed by atoms with Gasteiger partial charge in [0.1, 0.15) is 17.1 Å². The molecule has 5 nitrogen and oxygen atoms in total. The molecule has 0 amide bonds. The van der Waals surface area contributed by atoms with Crippen LogP contribution in [0.3, 0.4) is 0 Å². The fourth-order valence-electron chi connectivity index (χ4n) is 1.71. The van der Waals surface area contributed by atoms with Crippen LogP contribution >= 0.6 is 24.8 Å². The van der Waals surface area contributed by atoms with Crippen molar-refractivity contribution in [2.75, 3.05) is 18.1 Å². The Morgan fingerprint density at radius 2 is 1.73 bits per heavy atom. The fraction of sp³-hybridized carbons (Fsp3) is 0.133. The van der Waals surface area contributed by atoms with Crippen LogP contribution in [0.15, 0.2) is 42.5 Å². The Morgan fingerprint density at radius 3 is 2.36 bits per heavy atom. The highest BCUT2D eigenvalue weighted by Gasteiger charge is 2.14. The summed E-state index contributed by atoms with van der Waals surface area (Å²) in [6, 6.07) is 11.8. The molecule has 0 aliphatic rings. The van der Waals surface area contributed by atoms with Gasteiger partial charge in [-0.05, 0) is 37.3 Å². The summed E-state index contributed by atoms with van der Waals surface area (Å²) in [7, 11) is 0. The molecule has 0 aromatic heterocycles. The summed E-state index contributed by atoms with van der Waals surface area (Å²) in [5.41, 5.74) is 12.8. The first kappa shape index (κ1) is 19.9. The molecule has 2 aromatic rings. The van der Waals surface area contributed by atoms with Gasteiger partial charge in [-0.2, -0.15) is 0 Å². The number of rotatable bonds is 4. The number of benzene rings is 2. The summed E-state index contributed by atoms with van der Waals surface area (Å²) in [6.07, 6.45) is 0. The van der Waals surface area contributed by atoms with E-state index in [1.54, 1.807) is 49.4 Å². The van der Waals surface area contributed by atoms with Crippen molar-refractivity contribution in [1.29, 1.82) is 0 Å². The minimum Gasteiger partial charge on any atom is -0.462 e. The molecule has 0 unspecified atom stereocenters. The summed E-state index contributed by atoms with van der Waals surface area (Å²) < 4.78 is 10.7. The van der Waals surface area contributed by atoms with E-state index < -0.39 is 5.97 Å². The van der Waals surface area contributed by atoms with Crippen LogP contribution in [0.25, 0.3) is 0 Å². The van der Waals surface area contributed by atoms with Crippen molar-refractivity contribution in [3.05, 3.63) is 48.0 Å². The molecule has 0 saturated carbocycles. The lowest BCUT2D eigenvalue weighted by Crippen LogP contribution is -2.06. The van der Waals surface area contributed by atoms with E-state index in [0.717, 1.165) is 0 Å². The first-order valence-electron chi connectivity index (χ1n) is 6.21. The van der Waals surface area contributed by atoms with E-state index in [9.17, 15) is 4.79 Å². The summed E-state index contributed by atoms with van der Waals surface area (Å²) in [5.74, 6) is 0.399. The van der Waals surface area contributed by atoms with Crippen LogP contribution in [0.5, 0.6) is 11.5 Å². The third-order valence-electron chi connectivity index (χ3n) is 2.64. The number of esters is 1. The summed E-state index contributed by atoms with van der Waals surface area (Å²) in [5, 5.41) is 0. The van der Waals surface area contributed by atoms with Crippen molar-refractivity contribution in [3.63, 3.8) is 0 Å². The monoisotopic (exact) mass is 344 g/mol. The number of ether oxygens (including phenoxy) is 2. The van der Waals surface area contributed by atoms with Crippen molar-refractivity contribution in [2.24, 2.45) is 0 Å². The van der Waals surface area contributed by atoms with Gasteiger partial charge >= 0.3 is 5.97 Å². The molecule has 0 aliphatic carbocycles. The first-order chi connectivity index (χ1) is 9.61. The maximum Gasteiger partial charge on any atom is 0.341 e. The Balaban J connectivity index is 0.00000220. The number of para-hydroxylation sites is 1. The SMILES string of the molecule is CCOC(=O)c1ccccc1Oc1ccc(N)cc1N.Cl.Cl. The molecule has 0 bridgehead atoms. The molecule has 2 aromatic carbocycles. The van der Waals surface area contributed by atoms with Gasteiger partial charge in [0.25, 0.3) is 0 Å². The zero-order valence-corrected chi connectivity index (χ0v) is 13.6. The van der Waals surface area contributed by atoms with Crippen LogP contribution in [0.1, 0.15) is 17.3 Å². The average Bonchev–Trinajstić information content (AvgIpc) is 2.43. The van der Waals surface area contributed by atoms with Crippen LogP contribution < -0.4 is 16.2 Å². The predicted octanol–water partition coefficient (Wildman–Crippen LogP) is 3.66. The zero-order chi connectivity index (χ0) is 14.5. The molecule has 0 radical (unpaired) electrons. The number of nitrogen functional groups attached to an aromatic ring is 2. The number of carbonyl (C=O) groups excluding carboxylic acids is 1. The van der Waals surface area contributed by atoms with Gasteiger partial charge in [0.2, 0.25) is 0 Å². The van der Waals surface area contributed by atoms with Gasteiger partial charge in [0.15, 0.2) is 0 Å². The second-order valence-electron chi connectivity index (χ2n) is 4.12. The number of hydrogen-bond acceptors (Lipinski definition) is 5. The van der Waals surface area contributed by atoms with E-state index in [-0.39, 0.29) is 24.8 Å². The zero-order valence-electron chi connectivity index (χ0n) is 11.9. The topological polar surface area (TPSA) is 87.6 Å². The minimum absolute atomic E-state index is 0. The van der Waals surface area contributed by atoms with Crippen molar-refractivity contribution in [3.8, 4) is 11.5 Å². The fourth-order valence-corrected chi connectivity index (χ4v) is 1.71. The quantitative estimate of drug-likeness (QED) is 0.652. The molecular weight excluding hydrogens is 327 g/mol. The highest BCUT2D eigenvalue weighted by Crippen LogP contribution is 2.31. The molecule has 0 spiro atoms. The van der Waals surface area contributed by atoms with Crippen LogP contribution in [0.4, 0.5) is 11.4 Å². The summed E-state index contributed by atoms with van der Waals surface area (Å²) in [6.45, 7) is 2.05. The van der Waals surface area contributed by atoms with E-state index >= 15 is 0 Å². The van der Waals surface area contributed by atoms with Crippen LogP contribution in [-0.2, 0) is 4.74 Å². The second kappa shape index (κ2) is 9.02.